The van der Waals surface area contributed by atoms with Crippen LogP contribution >= 0.6 is 11.3 Å². The SMILES string of the molecule is Cc1nc2sc(-c3cccc(C#N)c3)c(C)c2c(=O)[nH]1. The normalized spacial score (nSPS) is 10.7. The molecule has 0 aliphatic heterocycles. The summed E-state index contributed by atoms with van der Waals surface area (Å²) in [5.74, 6) is 0.612. The van der Waals surface area contributed by atoms with Gasteiger partial charge in [0.15, 0.2) is 0 Å². The molecule has 0 saturated carbocycles. The zero-order valence-electron chi connectivity index (χ0n) is 11.0. The van der Waals surface area contributed by atoms with E-state index in [0.29, 0.717) is 16.8 Å². The van der Waals surface area contributed by atoms with E-state index in [9.17, 15) is 4.79 Å². The Balaban J connectivity index is 2.32. The third-order valence-electron chi connectivity index (χ3n) is 3.17. The number of rotatable bonds is 1. The Morgan fingerprint density at radius 3 is 2.90 bits per heavy atom. The number of hydrogen-bond acceptors (Lipinski definition) is 4. The Morgan fingerprint density at radius 1 is 1.35 bits per heavy atom. The van der Waals surface area contributed by atoms with Crippen LogP contribution in [0.25, 0.3) is 20.7 Å². The van der Waals surface area contributed by atoms with E-state index in [2.05, 4.69) is 16.0 Å². The minimum atomic E-state index is -0.107. The highest BCUT2D eigenvalue weighted by molar-refractivity contribution is 7.22. The summed E-state index contributed by atoms with van der Waals surface area (Å²) in [4.78, 5) is 20.9. The number of nitriles is 1. The number of aromatic amines is 1. The Hall–Kier alpha value is -2.45. The first-order valence-corrected chi connectivity index (χ1v) is 6.92. The van der Waals surface area contributed by atoms with Gasteiger partial charge in [-0.25, -0.2) is 4.98 Å². The molecule has 3 rings (SSSR count). The molecule has 4 nitrogen and oxygen atoms in total. The molecule has 1 N–H and O–H groups in total. The van der Waals surface area contributed by atoms with Crippen LogP contribution in [-0.2, 0) is 0 Å². The van der Waals surface area contributed by atoms with Crippen LogP contribution in [0, 0.1) is 25.2 Å². The fourth-order valence-electron chi connectivity index (χ4n) is 2.26. The molecule has 0 radical (unpaired) electrons. The number of nitrogens with zero attached hydrogens (tertiary/aromatic N) is 2. The van der Waals surface area contributed by atoms with Crippen molar-refractivity contribution in [3.05, 3.63) is 51.6 Å². The van der Waals surface area contributed by atoms with Crippen LogP contribution in [0.2, 0.25) is 0 Å². The van der Waals surface area contributed by atoms with E-state index in [1.807, 2.05) is 25.1 Å². The van der Waals surface area contributed by atoms with Crippen LogP contribution in [0.15, 0.2) is 29.1 Å². The minimum Gasteiger partial charge on any atom is -0.310 e. The van der Waals surface area contributed by atoms with Crippen LogP contribution in [0.4, 0.5) is 0 Å². The maximum atomic E-state index is 12.0. The molecule has 0 fully saturated rings. The molecule has 0 bridgehead atoms. The van der Waals surface area contributed by atoms with Gasteiger partial charge in [-0.05, 0) is 37.1 Å². The van der Waals surface area contributed by atoms with Gasteiger partial charge in [-0.15, -0.1) is 11.3 Å². The first kappa shape index (κ1) is 12.6. The van der Waals surface area contributed by atoms with E-state index in [1.165, 1.54) is 11.3 Å². The number of nitrogens with one attached hydrogen (secondary N) is 1. The van der Waals surface area contributed by atoms with Crippen molar-refractivity contribution in [2.75, 3.05) is 0 Å². The highest BCUT2D eigenvalue weighted by atomic mass is 32.1. The van der Waals surface area contributed by atoms with Gasteiger partial charge in [0, 0.05) is 4.88 Å². The molecule has 2 aromatic heterocycles. The summed E-state index contributed by atoms with van der Waals surface area (Å²) in [6.45, 7) is 3.69. The molecule has 0 saturated heterocycles. The molecule has 0 aliphatic carbocycles. The fraction of sp³-hybridized carbons (Fsp3) is 0.133. The predicted molar refractivity (Wildman–Crippen MR) is 79.9 cm³/mol. The summed E-state index contributed by atoms with van der Waals surface area (Å²) < 4.78 is 0. The number of aryl methyl sites for hydroxylation is 2. The van der Waals surface area contributed by atoms with Crippen molar-refractivity contribution < 1.29 is 0 Å². The summed E-state index contributed by atoms with van der Waals surface area (Å²) in [5.41, 5.74) is 2.36. The Kier molecular flexibility index (Phi) is 2.88. The van der Waals surface area contributed by atoms with Crippen LogP contribution in [0.3, 0.4) is 0 Å². The number of benzene rings is 1. The van der Waals surface area contributed by atoms with Gasteiger partial charge in [-0.3, -0.25) is 4.79 Å². The number of aromatic nitrogens is 2. The number of fused-ring (bicyclic) bond motifs is 1. The number of hydrogen-bond donors (Lipinski definition) is 1. The molecule has 0 spiro atoms. The smallest absolute Gasteiger partial charge is 0.259 e. The Bertz CT molecular complexity index is 915. The standard InChI is InChI=1S/C15H11N3OS/c1-8-12-14(19)17-9(2)18-15(12)20-13(8)11-5-3-4-10(6-11)7-16/h3-6H,1-2H3,(H,17,18,19). The average molecular weight is 281 g/mol. The summed E-state index contributed by atoms with van der Waals surface area (Å²) in [7, 11) is 0. The molecule has 3 aromatic rings. The molecule has 98 valence electrons. The van der Waals surface area contributed by atoms with E-state index in [-0.39, 0.29) is 5.56 Å². The highest BCUT2D eigenvalue weighted by Gasteiger charge is 2.14. The lowest BCUT2D eigenvalue weighted by Gasteiger charge is -1.99. The van der Waals surface area contributed by atoms with E-state index in [1.54, 1.807) is 13.0 Å². The van der Waals surface area contributed by atoms with E-state index in [0.717, 1.165) is 20.8 Å². The van der Waals surface area contributed by atoms with Gasteiger partial charge >= 0.3 is 0 Å². The second-order valence-electron chi connectivity index (χ2n) is 4.58. The van der Waals surface area contributed by atoms with E-state index >= 15 is 0 Å². The summed E-state index contributed by atoms with van der Waals surface area (Å²) in [5, 5.41) is 9.62. The minimum absolute atomic E-state index is 0.107. The molecule has 0 atom stereocenters. The quantitative estimate of drug-likeness (QED) is 0.745. The zero-order valence-corrected chi connectivity index (χ0v) is 11.8. The largest absolute Gasteiger partial charge is 0.310 e. The molecule has 0 unspecified atom stereocenters. The second kappa shape index (κ2) is 4.58. The molecule has 2 heterocycles. The summed E-state index contributed by atoms with van der Waals surface area (Å²) >= 11 is 1.48. The molecular weight excluding hydrogens is 270 g/mol. The topological polar surface area (TPSA) is 69.5 Å². The van der Waals surface area contributed by atoms with Gasteiger partial charge in [0.2, 0.25) is 0 Å². The molecule has 0 aliphatic rings. The van der Waals surface area contributed by atoms with E-state index in [4.69, 9.17) is 5.26 Å². The number of thiophene rings is 1. The zero-order chi connectivity index (χ0) is 14.3. The van der Waals surface area contributed by atoms with Crippen molar-refractivity contribution in [2.24, 2.45) is 0 Å². The number of H-pyrrole nitrogens is 1. The van der Waals surface area contributed by atoms with Gasteiger partial charge in [0.1, 0.15) is 10.7 Å². The summed E-state index contributed by atoms with van der Waals surface area (Å²) in [6.07, 6.45) is 0. The van der Waals surface area contributed by atoms with Gasteiger partial charge in [0.05, 0.1) is 17.0 Å². The van der Waals surface area contributed by atoms with Crippen molar-refractivity contribution in [1.82, 2.24) is 9.97 Å². The van der Waals surface area contributed by atoms with Gasteiger partial charge < -0.3 is 4.98 Å². The van der Waals surface area contributed by atoms with Crippen molar-refractivity contribution in [2.45, 2.75) is 13.8 Å². The average Bonchev–Trinajstić information content (AvgIpc) is 2.76. The Morgan fingerprint density at radius 2 is 2.15 bits per heavy atom. The third-order valence-corrected chi connectivity index (χ3v) is 4.41. The van der Waals surface area contributed by atoms with Crippen LogP contribution in [-0.4, -0.2) is 9.97 Å². The lowest BCUT2D eigenvalue weighted by atomic mass is 10.1. The maximum Gasteiger partial charge on any atom is 0.259 e. The van der Waals surface area contributed by atoms with Crippen LogP contribution in [0.1, 0.15) is 17.0 Å². The molecule has 5 heteroatoms. The van der Waals surface area contributed by atoms with Gasteiger partial charge in [-0.1, -0.05) is 12.1 Å². The first-order chi connectivity index (χ1) is 9.60. The maximum absolute atomic E-state index is 12.0. The Labute approximate surface area is 119 Å². The van der Waals surface area contributed by atoms with Crippen molar-refractivity contribution in [1.29, 1.82) is 5.26 Å². The summed E-state index contributed by atoms with van der Waals surface area (Å²) in [6, 6.07) is 9.52. The van der Waals surface area contributed by atoms with Crippen molar-refractivity contribution >= 4 is 21.6 Å². The lowest BCUT2D eigenvalue weighted by molar-refractivity contribution is 1.06. The third kappa shape index (κ3) is 1.91. The van der Waals surface area contributed by atoms with Gasteiger partial charge in [-0.2, -0.15) is 5.26 Å². The van der Waals surface area contributed by atoms with Crippen LogP contribution in [0.5, 0.6) is 0 Å². The molecular formula is C15H11N3OS. The molecule has 20 heavy (non-hydrogen) atoms. The molecule has 1 aromatic carbocycles. The monoisotopic (exact) mass is 281 g/mol. The highest BCUT2D eigenvalue weighted by Crippen LogP contribution is 2.35. The predicted octanol–water partition coefficient (Wildman–Crippen LogP) is 3.14. The molecule has 0 amide bonds. The van der Waals surface area contributed by atoms with Gasteiger partial charge in [0.25, 0.3) is 5.56 Å². The lowest BCUT2D eigenvalue weighted by Crippen LogP contribution is -2.08. The van der Waals surface area contributed by atoms with E-state index < -0.39 is 0 Å². The van der Waals surface area contributed by atoms with Crippen LogP contribution < -0.4 is 5.56 Å². The van der Waals surface area contributed by atoms with Crippen molar-refractivity contribution in [3.63, 3.8) is 0 Å². The van der Waals surface area contributed by atoms with Crippen molar-refractivity contribution in [3.8, 4) is 16.5 Å². The fourth-order valence-corrected chi connectivity index (χ4v) is 3.48. The first-order valence-electron chi connectivity index (χ1n) is 6.10. The second-order valence-corrected chi connectivity index (χ2v) is 5.58.